The summed E-state index contributed by atoms with van der Waals surface area (Å²) in [5.74, 6) is -0.970. The van der Waals surface area contributed by atoms with Crippen LogP contribution < -0.4 is 10.5 Å². The Hall–Kier alpha value is -3.40. The number of aromatic nitrogens is 2. The molecule has 0 saturated heterocycles. The Kier molecular flexibility index (Phi) is 5.90. The van der Waals surface area contributed by atoms with Gasteiger partial charge < -0.3 is 9.47 Å². The van der Waals surface area contributed by atoms with Gasteiger partial charge in [0.1, 0.15) is 6.61 Å². The largest absolute Gasteiger partial charge is 0.462 e. The molecule has 4 rings (SSSR count). The van der Waals surface area contributed by atoms with Gasteiger partial charge in [0, 0.05) is 0 Å². The lowest BCUT2D eigenvalue weighted by Crippen LogP contribution is -2.31. The normalized spacial score (nSPS) is 18.2. The van der Waals surface area contributed by atoms with E-state index in [2.05, 4.69) is 14.7 Å². The zero-order valence-electron chi connectivity index (χ0n) is 16.4. The van der Waals surface area contributed by atoms with Crippen LogP contribution in [0.25, 0.3) is 0 Å². The number of nitrogens with zero attached hydrogens (tertiary/aromatic N) is 1. The summed E-state index contributed by atoms with van der Waals surface area (Å²) in [6.07, 6.45) is 0.727. The first kappa shape index (κ1) is 20.9. The molecule has 0 aliphatic heterocycles. The molecule has 0 saturated carbocycles. The average molecular weight is 444 g/mol. The maximum absolute atomic E-state index is 13.1. The molecule has 162 valence electrons. The molecule has 2 aromatic carbocycles. The van der Waals surface area contributed by atoms with Crippen LogP contribution in [0.15, 0.2) is 63.9 Å². The molecule has 2 atom stereocenters. The molecule has 0 amide bonds. The number of ether oxygens (including phenoxy) is 2. The van der Waals surface area contributed by atoms with E-state index >= 15 is 0 Å². The van der Waals surface area contributed by atoms with Gasteiger partial charge in [-0.05, 0) is 40.6 Å². The van der Waals surface area contributed by atoms with E-state index in [0.717, 1.165) is 5.56 Å². The molecule has 0 spiro atoms. The monoisotopic (exact) mass is 444 g/mol. The first-order chi connectivity index (χ1) is 14.9. The number of H-pyrrole nitrogens is 1. The van der Waals surface area contributed by atoms with Crippen LogP contribution in [-0.2, 0) is 27.6 Å². The van der Waals surface area contributed by atoms with E-state index in [1.54, 1.807) is 36.4 Å². The van der Waals surface area contributed by atoms with Gasteiger partial charge in [-0.3, -0.25) is 4.52 Å². The molecule has 9 nitrogen and oxygen atoms in total. The van der Waals surface area contributed by atoms with Gasteiger partial charge in [0.25, 0.3) is 9.84 Å². The number of benzene rings is 2. The van der Waals surface area contributed by atoms with E-state index in [1.807, 2.05) is 18.2 Å². The third-order valence-corrected chi connectivity index (χ3v) is 6.92. The van der Waals surface area contributed by atoms with Crippen LogP contribution in [0.3, 0.4) is 0 Å². The molecule has 31 heavy (non-hydrogen) atoms. The number of carbonyl (C=O) groups excluding carboxylic acids is 1. The summed E-state index contributed by atoms with van der Waals surface area (Å²) < 4.78 is 41.1. The lowest BCUT2D eigenvalue weighted by atomic mass is 9.84. The molecule has 1 heterocycles. The topological polar surface area (TPSA) is 129 Å². The van der Waals surface area contributed by atoms with Crippen molar-refractivity contribution in [3.8, 4) is 6.01 Å². The Labute approximate surface area is 177 Å². The van der Waals surface area contributed by atoms with Crippen LogP contribution in [0.1, 0.15) is 28.4 Å². The fourth-order valence-electron chi connectivity index (χ4n) is 3.67. The third kappa shape index (κ3) is 4.69. The Morgan fingerprint density at radius 2 is 1.87 bits per heavy atom. The highest BCUT2D eigenvalue weighted by Gasteiger charge is 2.41. The summed E-state index contributed by atoms with van der Waals surface area (Å²) >= 11 is 0. The first-order valence-electron chi connectivity index (χ1n) is 9.64. The van der Waals surface area contributed by atoms with E-state index in [1.165, 1.54) is 0 Å². The molecule has 1 unspecified atom stereocenters. The first-order valence-corrected chi connectivity index (χ1v) is 11.2. The van der Waals surface area contributed by atoms with Gasteiger partial charge in [0.15, 0.2) is 0 Å². The van der Waals surface area contributed by atoms with Gasteiger partial charge in [-0.2, -0.15) is 0 Å². The number of fused-ring (bicyclic) bond motifs is 1. The fourth-order valence-corrected chi connectivity index (χ4v) is 5.21. The number of nitrogens with one attached hydrogen (secondary N) is 1. The molecule has 0 radical (unpaired) electrons. The van der Waals surface area contributed by atoms with E-state index in [9.17, 15) is 18.0 Å². The van der Waals surface area contributed by atoms with Crippen LogP contribution in [0.4, 0.5) is 4.79 Å². The number of rotatable bonds is 6. The van der Waals surface area contributed by atoms with Crippen molar-refractivity contribution in [3.05, 3.63) is 81.8 Å². The molecule has 3 aromatic rings. The van der Waals surface area contributed by atoms with Crippen LogP contribution in [-0.4, -0.2) is 30.5 Å². The lowest BCUT2D eigenvalue weighted by Gasteiger charge is -2.30. The average Bonchev–Trinajstić information content (AvgIpc) is 3.21. The summed E-state index contributed by atoms with van der Waals surface area (Å²) in [7, 11) is -4.27. The highest BCUT2D eigenvalue weighted by Crippen LogP contribution is 2.39. The van der Waals surface area contributed by atoms with Crippen molar-refractivity contribution in [2.45, 2.75) is 24.7 Å². The zero-order chi connectivity index (χ0) is 21.8. The second kappa shape index (κ2) is 8.76. The SMILES string of the molecule is O=C(OCc1ccccc1)S(=O)(=O)C1C[C@H](COc2noc(=O)[nH]2)Cc2ccccc21. The highest BCUT2D eigenvalue weighted by atomic mass is 32.2. The van der Waals surface area contributed by atoms with Crippen molar-refractivity contribution in [2.24, 2.45) is 5.92 Å². The van der Waals surface area contributed by atoms with Crippen molar-refractivity contribution in [1.82, 2.24) is 10.1 Å². The molecule has 1 aliphatic carbocycles. The number of hydrogen-bond donors (Lipinski definition) is 1. The Morgan fingerprint density at radius 1 is 1.13 bits per heavy atom. The molecule has 10 heteroatoms. The summed E-state index contributed by atoms with van der Waals surface area (Å²) in [5.41, 5.74) is 2.11. The highest BCUT2D eigenvalue weighted by molar-refractivity contribution is 8.05. The lowest BCUT2D eigenvalue weighted by molar-refractivity contribution is 0.165. The van der Waals surface area contributed by atoms with Crippen molar-refractivity contribution in [3.63, 3.8) is 0 Å². The van der Waals surface area contributed by atoms with E-state index in [-0.39, 0.29) is 31.6 Å². The predicted molar refractivity (Wildman–Crippen MR) is 109 cm³/mol. The molecule has 1 aliphatic rings. The summed E-state index contributed by atoms with van der Waals surface area (Å²) in [6, 6.07) is 15.9. The van der Waals surface area contributed by atoms with Gasteiger partial charge in [-0.15, -0.1) is 0 Å². The molecule has 1 N–H and O–H groups in total. The second-order valence-corrected chi connectivity index (χ2v) is 9.27. The third-order valence-electron chi connectivity index (χ3n) is 5.14. The smallest absolute Gasteiger partial charge is 0.441 e. The maximum atomic E-state index is 13.1. The van der Waals surface area contributed by atoms with E-state index < -0.39 is 26.1 Å². The Morgan fingerprint density at radius 3 is 2.61 bits per heavy atom. The van der Waals surface area contributed by atoms with Crippen LogP contribution in [0, 0.1) is 5.92 Å². The molecular formula is C21H20N2O7S. The minimum atomic E-state index is -4.27. The zero-order valence-corrected chi connectivity index (χ0v) is 17.2. The Balaban J connectivity index is 1.51. The van der Waals surface area contributed by atoms with Crippen molar-refractivity contribution in [1.29, 1.82) is 0 Å². The van der Waals surface area contributed by atoms with Crippen molar-refractivity contribution in [2.75, 3.05) is 6.61 Å². The van der Waals surface area contributed by atoms with Crippen molar-refractivity contribution < 1.29 is 27.2 Å². The van der Waals surface area contributed by atoms with Crippen LogP contribution in [0.2, 0.25) is 0 Å². The molecule has 0 fully saturated rings. The van der Waals surface area contributed by atoms with Crippen LogP contribution >= 0.6 is 0 Å². The summed E-state index contributed by atoms with van der Waals surface area (Å²) in [4.78, 5) is 25.8. The summed E-state index contributed by atoms with van der Waals surface area (Å²) in [5, 5.41) is 1.13. The number of sulfone groups is 1. The fraction of sp³-hybridized carbons (Fsp3) is 0.286. The molecular weight excluding hydrogens is 424 g/mol. The molecule has 0 bridgehead atoms. The Bertz CT molecular complexity index is 1220. The van der Waals surface area contributed by atoms with E-state index in [4.69, 9.17) is 9.47 Å². The maximum Gasteiger partial charge on any atom is 0.441 e. The molecule has 1 aromatic heterocycles. The summed E-state index contributed by atoms with van der Waals surface area (Å²) in [6.45, 7) is -0.0266. The van der Waals surface area contributed by atoms with Crippen LogP contribution in [0.5, 0.6) is 6.01 Å². The second-order valence-electron chi connectivity index (χ2n) is 7.27. The van der Waals surface area contributed by atoms with Gasteiger partial charge in [-0.25, -0.2) is 23.0 Å². The van der Waals surface area contributed by atoms with Gasteiger partial charge >= 0.3 is 17.1 Å². The predicted octanol–water partition coefficient (Wildman–Crippen LogP) is 2.80. The minimum absolute atomic E-state index is 0.0782. The quantitative estimate of drug-likeness (QED) is 0.575. The van der Waals surface area contributed by atoms with Gasteiger partial charge in [0.2, 0.25) is 0 Å². The van der Waals surface area contributed by atoms with Gasteiger partial charge in [0.05, 0.1) is 11.9 Å². The van der Waals surface area contributed by atoms with Gasteiger partial charge in [-0.1, -0.05) is 54.6 Å². The van der Waals surface area contributed by atoms with E-state index in [0.29, 0.717) is 17.5 Å². The number of carbonyl (C=O) groups is 1. The number of aromatic amines is 1. The minimum Gasteiger partial charge on any atom is -0.462 e. The number of hydrogen-bond acceptors (Lipinski definition) is 8. The van der Waals surface area contributed by atoms with Crippen molar-refractivity contribution >= 4 is 15.1 Å². The standard InChI is InChI=1S/C21H20N2O7S/c24-20-22-19(23-30-20)28-13-15-10-16-8-4-5-9-17(16)18(11-15)31(26,27)21(25)29-12-14-6-2-1-3-7-14/h1-9,15,18H,10-13H2,(H,22,23,24)/t15-,18?/m1/s1.